The van der Waals surface area contributed by atoms with Gasteiger partial charge in [0.1, 0.15) is 11.5 Å². The van der Waals surface area contributed by atoms with Crippen LogP contribution in [0.25, 0.3) is 0 Å². The van der Waals surface area contributed by atoms with Crippen LogP contribution in [0.4, 0.5) is 0 Å². The fourth-order valence-corrected chi connectivity index (χ4v) is 2.52. The van der Waals surface area contributed by atoms with E-state index < -0.39 is 0 Å². The molecule has 0 heterocycles. The standard InChI is InChI=1S/C20H23NO2/c1-4-22-19-8-6-17(7-9-19)18(14-21)11-12-23-20-10-5-15(2)13-16(20)3/h5-10,13,18H,4,11-12H2,1-3H3. The number of benzene rings is 2. The Balaban J connectivity index is 1.93. The predicted molar refractivity (Wildman–Crippen MR) is 92.0 cm³/mol. The molecule has 0 saturated carbocycles. The summed E-state index contributed by atoms with van der Waals surface area (Å²) in [4.78, 5) is 0. The Kier molecular flexibility index (Phi) is 6.05. The first-order valence-electron chi connectivity index (χ1n) is 7.96. The fourth-order valence-electron chi connectivity index (χ4n) is 2.52. The van der Waals surface area contributed by atoms with E-state index in [4.69, 9.17) is 9.47 Å². The molecule has 2 rings (SSSR count). The highest BCUT2D eigenvalue weighted by atomic mass is 16.5. The molecule has 0 fully saturated rings. The van der Waals surface area contributed by atoms with Crippen LogP contribution in [0.15, 0.2) is 42.5 Å². The van der Waals surface area contributed by atoms with Crippen LogP contribution >= 0.6 is 0 Å². The third kappa shape index (κ3) is 4.75. The zero-order valence-electron chi connectivity index (χ0n) is 14.0. The van der Waals surface area contributed by atoms with Crippen molar-refractivity contribution in [3.8, 4) is 17.6 Å². The third-order valence-corrected chi connectivity index (χ3v) is 3.74. The van der Waals surface area contributed by atoms with E-state index in [1.807, 2.05) is 50.2 Å². The summed E-state index contributed by atoms with van der Waals surface area (Å²) in [6, 6.07) is 16.2. The second-order valence-electron chi connectivity index (χ2n) is 5.59. The van der Waals surface area contributed by atoms with Crippen molar-refractivity contribution in [3.05, 3.63) is 59.2 Å². The van der Waals surface area contributed by atoms with Crippen LogP contribution in [0.2, 0.25) is 0 Å². The van der Waals surface area contributed by atoms with Gasteiger partial charge >= 0.3 is 0 Å². The fraction of sp³-hybridized carbons (Fsp3) is 0.350. The van der Waals surface area contributed by atoms with Gasteiger partial charge in [-0.05, 0) is 50.1 Å². The average Bonchev–Trinajstić information content (AvgIpc) is 2.55. The molecule has 2 aromatic carbocycles. The van der Waals surface area contributed by atoms with Crippen molar-refractivity contribution in [2.24, 2.45) is 0 Å². The molecule has 2 aromatic rings. The number of rotatable bonds is 7. The zero-order chi connectivity index (χ0) is 16.7. The minimum atomic E-state index is -0.170. The van der Waals surface area contributed by atoms with Crippen LogP contribution in [0.3, 0.4) is 0 Å². The highest BCUT2D eigenvalue weighted by molar-refractivity contribution is 5.36. The first-order chi connectivity index (χ1) is 11.1. The van der Waals surface area contributed by atoms with Crippen molar-refractivity contribution in [2.75, 3.05) is 13.2 Å². The minimum Gasteiger partial charge on any atom is -0.494 e. The molecular formula is C20H23NO2. The van der Waals surface area contributed by atoms with Crippen LogP contribution in [0, 0.1) is 25.2 Å². The van der Waals surface area contributed by atoms with Crippen molar-refractivity contribution >= 4 is 0 Å². The summed E-state index contributed by atoms with van der Waals surface area (Å²) in [5.74, 6) is 1.55. The lowest BCUT2D eigenvalue weighted by Gasteiger charge is -2.13. The molecule has 0 bridgehead atoms. The van der Waals surface area contributed by atoms with Gasteiger partial charge in [-0.1, -0.05) is 29.8 Å². The van der Waals surface area contributed by atoms with Gasteiger partial charge in [-0.25, -0.2) is 0 Å². The normalized spacial score (nSPS) is 11.6. The van der Waals surface area contributed by atoms with Crippen molar-refractivity contribution in [1.82, 2.24) is 0 Å². The molecule has 0 amide bonds. The van der Waals surface area contributed by atoms with E-state index in [0.29, 0.717) is 19.6 Å². The maximum Gasteiger partial charge on any atom is 0.122 e. The maximum atomic E-state index is 9.40. The first kappa shape index (κ1) is 16.9. The molecule has 0 spiro atoms. The SMILES string of the molecule is CCOc1ccc(C(C#N)CCOc2ccc(C)cc2C)cc1. The Hall–Kier alpha value is -2.47. The van der Waals surface area contributed by atoms with Crippen LogP contribution in [0.1, 0.15) is 36.0 Å². The summed E-state index contributed by atoms with van der Waals surface area (Å²) in [6.45, 7) is 7.22. The van der Waals surface area contributed by atoms with E-state index in [1.165, 1.54) is 5.56 Å². The monoisotopic (exact) mass is 309 g/mol. The molecule has 0 aromatic heterocycles. The lowest BCUT2D eigenvalue weighted by Crippen LogP contribution is -2.05. The Bertz CT molecular complexity index is 671. The van der Waals surface area contributed by atoms with Gasteiger partial charge in [0, 0.05) is 6.42 Å². The summed E-state index contributed by atoms with van der Waals surface area (Å²) < 4.78 is 11.3. The van der Waals surface area contributed by atoms with Crippen LogP contribution in [-0.2, 0) is 0 Å². The number of hydrogen-bond donors (Lipinski definition) is 0. The van der Waals surface area contributed by atoms with Crippen molar-refractivity contribution in [1.29, 1.82) is 5.26 Å². The van der Waals surface area contributed by atoms with E-state index in [2.05, 4.69) is 19.1 Å². The molecule has 0 aliphatic rings. The molecule has 1 atom stereocenters. The molecule has 3 nitrogen and oxygen atoms in total. The largest absolute Gasteiger partial charge is 0.494 e. The Morgan fingerprint density at radius 3 is 2.39 bits per heavy atom. The molecule has 0 aliphatic heterocycles. The second kappa shape index (κ2) is 8.24. The van der Waals surface area contributed by atoms with E-state index in [9.17, 15) is 5.26 Å². The van der Waals surface area contributed by atoms with Crippen molar-refractivity contribution < 1.29 is 9.47 Å². The van der Waals surface area contributed by atoms with Crippen LogP contribution < -0.4 is 9.47 Å². The highest BCUT2D eigenvalue weighted by Gasteiger charge is 2.11. The summed E-state index contributed by atoms with van der Waals surface area (Å²) in [5, 5.41) is 9.40. The molecule has 0 saturated heterocycles. The van der Waals surface area contributed by atoms with E-state index in [0.717, 1.165) is 22.6 Å². The zero-order valence-corrected chi connectivity index (χ0v) is 14.0. The Morgan fingerprint density at radius 2 is 1.78 bits per heavy atom. The molecule has 120 valence electrons. The molecule has 0 aliphatic carbocycles. The van der Waals surface area contributed by atoms with Gasteiger partial charge in [-0.15, -0.1) is 0 Å². The summed E-state index contributed by atoms with van der Waals surface area (Å²) in [7, 11) is 0. The second-order valence-corrected chi connectivity index (χ2v) is 5.59. The maximum absolute atomic E-state index is 9.40. The molecule has 0 N–H and O–H groups in total. The van der Waals surface area contributed by atoms with E-state index in [-0.39, 0.29) is 5.92 Å². The van der Waals surface area contributed by atoms with Crippen molar-refractivity contribution in [3.63, 3.8) is 0 Å². The van der Waals surface area contributed by atoms with Gasteiger partial charge in [0.05, 0.1) is 25.2 Å². The number of nitrogens with zero attached hydrogens (tertiary/aromatic N) is 1. The predicted octanol–water partition coefficient (Wildman–Crippen LogP) is 4.78. The molecular weight excluding hydrogens is 286 g/mol. The van der Waals surface area contributed by atoms with E-state index >= 15 is 0 Å². The average molecular weight is 309 g/mol. The van der Waals surface area contributed by atoms with Gasteiger partial charge in [-0.3, -0.25) is 0 Å². The smallest absolute Gasteiger partial charge is 0.122 e. The molecule has 0 radical (unpaired) electrons. The Morgan fingerprint density at radius 1 is 1.04 bits per heavy atom. The van der Waals surface area contributed by atoms with Gasteiger partial charge in [-0.2, -0.15) is 5.26 Å². The summed E-state index contributed by atoms with van der Waals surface area (Å²) in [5.41, 5.74) is 3.35. The number of ether oxygens (including phenoxy) is 2. The van der Waals surface area contributed by atoms with Gasteiger partial charge in [0.15, 0.2) is 0 Å². The Labute approximate surface area is 138 Å². The molecule has 3 heteroatoms. The lowest BCUT2D eigenvalue weighted by atomic mass is 9.97. The quantitative estimate of drug-likeness (QED) is 0.739. The minimum absolute atomic E-state index is 0.170. The van der Waals surface area contributed by atoms with Gasteiger partial charge in [0.2, 0.25) is 0 Å². The summed E-state index contributed by atoms with van der Waals surface area (Å²) >= 11 is 0. The third-order valence-electron chi connectivity index (χ3n) is 3.74. The van der Waals surface area contributed by atoms with Crippen LogP contribution in [0.5, 0.6) is 11.5 Å². The number of nitriles is 1. The van der Waals surface area contributed by atoms with E-state index in [1.54, 1.807) is 0 Å². The first-order valence-corrected chi connectivity index (χ1v) is 7.96. The highest BCUT2D eigenvalue weighted by Crippen LogP contribution is 2.24. The van der Waals surface area contributed by atoms with Gasteiger partial charge in [0.25, 0.3) is 0 Å². The topological polar surface area (TPSA) is 42.2 Å². The van der Waals surface area contributed by atoms with Crippen molar-refractivity contribution in [2.45, 2.75) is 33.1 Å². The molecule has 23 heavy (non-hydrogen) atoms. The van der Waals surface area contributed by atoms with Gasteiger partial charge < -0.3 is 9.47 Å². The molecule has 1 unspecified atom stereocenters. The summed E-state index contributed by atoms with van der Waals surface area (Å²) in [6.07, 6.45) is 0.664. The van der Waals surface area contributed by atoms with Crippen LogP contribution in [-0.4, -0.2) is 13.2 Å². The number of aryl methyl sites for hydroxylation is 2. The lowest BCUT2D eigenvalue weighted by molar-refractivity contribution is 0.304. The number of hydrogen-bond acceptors (Lipinski definition) is 3.